The largest absolute Gasteiger partial charge is 0.460 e. The molecule has 0 aliphatic heterocycles. The van der Waals surface area contributed by atoms with Crippen molar-refractivity contribution >= 4 is 37.5 Å². The van der Waals surface area contributed by atoms with Crippen LogP contribution in [0.2, 0.25) is 0 Å². The SMILES string of the molecule is CCOC(=O)c1ccc(Cc2cccc3c2sc2ccccc23)o1. The molecule has 24 heavy (non-hydrogen) atoms. The lowest BCUT2D eigenvalue weighted by Gasteiger charge is -2.01. The summed E-state index contributed by atoms with van der Waals surface area (Å²) in [6, 6.07) is 18.3. The summed E-state index contributed by atoms with van der Waals surface area (Å²) in [6.45, 7) is 2.12. The van der Waals surface area contributed by atoms with Gasteiger partial charge in [0.15, 0.2) is 0 Å². The van der Waals surface area contributed by atoms with Crippen LogP contribution in [0.5, 0.6) is 0 Å². The molecule has 0 N–H and O–H groups in total. The van der Waals surface area contributed by atoms with Gasteiger partial charge in [-0.2, -0.15) is 0 Å². The normalized spacial score (nSPS) is 11.2. The molecule has 0 saturated heterocycles. The topological polar surface area (TPSA) is 39.4 Å². The molecule has 0 unspecified atom stereocenters. The lowest BCUT2D eigenvalue weighted by molar-refractivity contribution is 0.0488. The highest BCUT2D eigenvalue weighted by Crippen LogP contribution is 2.36. The highest BCUT2D eigenvalue weighted by atomic mass is 32.1. The van der Waals surface area contributed by atoms with Crippen LogP contribution in [-0.4, -0.2) is 12.6 Å². The van der Waals surface area contributed by atoms with Crippen LogP contribution >= 0.6 is 11.3 Å². The molecule has 0 aliphatic rings. The second kappa shape index (κ2) is 6.13. The molecule has 0 saturated carbocycles. The first-order valence-electron chi connectivity index (χ1n) is 7.91. The Kier molecular flexibility index (Phi) is 3.82. The van der Waals surface area contributed by atoms with Gasteiger partial charge in [-0.25, -0.2) is 4.79 Å². The number of hydrogen-bond acceptors (Lipinski definition) is 4. The molecule has 2 heterocycles. The zero-order chi connectivity index (χ0) is 16.5. The van der Waals surface area contributed by atoms with Gasteiger partial charge in [0.25, 0.3) is 0 Å². The van der Waals surface area contributed by atoms with E-state index in [1.807, 2.05) is 6.07 Å². The third kappa shape index (κ3) is 2.59. The van der Waals surface area contributed by atoms with E-state index in [0.29, 0.717) is 13.0 Å². The van der Waals surface area contributed by atoms with Crippen molar-refractivity contribution in [2.45, 2.75) is 13.3 Å². The summed E-state index contributed by atoms with van der Waals surface area (Å²) >= 11 is 1.80. The fourth-order valence-electron chi connectivity index (χ4n) is 2.92. The molecule has 4 rings (SSSR count). The van der Waals surface area contributed by atoms with Gasteiger partial charge in [0.2, 0.25) is 5.76 Å². The molecule has 120 valence electrons. The maximum Gasteiger partial charge on any atom is 0.374 e. The number of esters is 1. The van der Waals surface area contributed by atoms with E-state index < -0.39 is 5.97 Å². The van der Waals surface area contributed by atoms with Crippen LogP contribution in [0, 0.1) is 0 Å². The minimum absolute atomic E-state index is 0.260. The van der Waals surface area contributed by atoms with E-state index >= 15 is 0 Å². The average molecular weight is 336 g/mol. The molecule has 0 atom stereocenters. The van der Waals surface area contributed by atoms with Crippen LogP contribution in [0.15, 0.2) is 59.0 Å². The molecule has 2 aromatic heterocycles. The van der Waals surface area contributed by atoms with Gasteiger partial charge < -0.3 is 9.15 Å². The van der Waals surface area contributed by atoms with Gasteiger partial charge in [-0.15, -0.1) is 11.3 Å². The number of fused-ring (bicyclic) bond motifs is 3. The monoisotopic (exact) mass is 336 g/mol. The fraction of sp³-hybridized carbons (Fsp3) is 0.150. The van der Waals surface area contributed by atoms with Crippen LogP contribution < -0.4 is 0 Å². The predicted octanol–water partition coefficient (Wildman–Crippen LogP) is 5.42. The van der Waals surface area contributed by atoms with Gasteiger partial charge in [0.05, 0.1) is 6.61 Å². The molecule has 2 aromatic carbocycles. The molecule has 0 bridgehead atoms. The zero-order valence-electron chi connectivity index (χ0n) is 13.2. The first-order chi connectivity index (χ1) is 11.8. The summed E-state index contributed by atoms with van der Waals surface area (Å²) in [4.78, 5) is 11.7. The minimum Gasteiger partial charge on any atom is -0.460 e. The maximum absolute atomic E-state index is 11.7. The van der Waals surface area contributed by atoms with Crippen molar-refractivity contribution in [2.24, 2.45) is 0 Å². The van der Waals surface area contributed by atoms with E-state index in [1.165, 1.54) is 25.7 Å². The van der Waals surface area contributed by atoms with Crippen molar-refractivity contribution in [2.75, 3.05) is 6.61 Å². The van der Waals surface area contributed by atoms with Gasteiger partial charge in [0, 0.05) is 26.6 Å². The van der Waals surface area contributed by atoms with Crippen LogP contribution in [0.3, 0.4) is 0 Å². The number of benzene rings is 2. The number of furan rings is 1. The molecular weight excluding hydrogens is 320 g/mol. The molecule has 0 amide bonds. The van der Waals surface area contributed by atoms with E-state index in [0.717, 1.165) is 5.76 Å². The second-order valence-electron chi connectivity index (χ2n) is 5.56. The molecule has 4 aromatic rings. The van der Waals surface area contributed by atoms with Crippen molar-refractivity contribution in [3.8, 4) is 0 Å². The Hall–Kier alpha value is -2.59. The smallest absolute Gasteiger partial charge is 0.374 e. The number of carbonyl (C=O) groups is 1. The summed E-state index contributed by atoms with van der Waals surface area (Å²) in [7, 11) is 0. The van der Waals surface area contributed by atoms with E-state index in [9.17, 15) is 4.79 Å². The molecular formula is C20H16O3S. The van der Waals surface area contributed by atoms with Gasteiger partial charge in [-0.05, 0) is 30.7 Å². The van der Waals surface area contributed by atoms with Crippen molar-refractivity contribution in [3.63, 3.8) is 0 Å². The lowest BCUT2D eigenvalue weighted by atomic mass is 10.1. The minimum atomic E-state index is -0.413. The lowest BCUT2D eigenvalue weighted by Crippen LogP contribution is -2.02. The van der Waals surface area contributed by atoms with Crippen LogP contribution in [0.25, 0.3) is 20.2 Å². The van der Waals surface area contributed by atoms with Gasteiger partial charge in [0.1, 0.15) is 5.76 Å². The summed E-state index contributed by atoms with van der Waals surface area (Å²) in [5.74, 6) is 0.613. The van der Waals surface area contributed by atoms with E-state index in [1.54, 1.807) is 24.3 Å². The Morgan fingerprint density at radius 1 is 1.04 bits per heavy atom. The van der Waals surface area contributed by atoms with Crippen LogP contribution in [0.1, 0.15) is 28.8 Å². The summed E-state index contributed by atoms with van der Waals surface area (Å²) < 4.78 is 13.2. The zero-order valence-corrected chi connectivity index (χ0v) is 14.1. The number of hydrogen-bond donors (Lipinski definition) is 0. The Balaban J connectivity index is 1.71. The van der Waals surface area contributed by atoms with Crippen LogP contribution in [0.4, 0.5) is 0 Å². The third-order valence-corrected chi connectivity index (χ3v) is 5.25. The van der Waals surface area contributed by atoms with Crippen LogP contribution in [-0.2, 0) is 11.2 Å². The van der Waals surface area contributed by atoms with E-state index in [-0.39, 0.29) is 5.76 Å². The standard InChI is InChI=1S/C20H16O3S/c1-2-22-20(21)17-11-10-14(23-17)12-13-6-5-8-16-15-7-3-4-9-18(15)24-19(13)16/h3-11H,2,12H2,1H3. The summed E-state index contributed by atoms with van der Waals surface area (Å²) in [6.07, 6.45) is 0.656. The highest BCUT2D eigenvalue weighted by Gasteiger charge is 2.14. The quantitative estimate of drug-likeness (QED) is 0.467. The van der Waals surface area contributed by atoms with Gasteiger partial charge >= 0.3 is 5.97 Å². The number of rotatable bonds is 4. The Morgan fingerprint density at radius 2 is 1.88 bits per heavy atom. The van der Waals surface area contributed by atoms with Crippen molar-refractivity contribution in [3.05, 3.63) is 71.7 Å². The van der Waals surface area contributed by atoms with Crippen molar-refractivity contribution < 1.29 is 13.9 Å². The van der Waals surface area contributed by atoms with Crippen molar-refractivity contribution in [1.29, 1.82) is 0 Å². The first kappa shape index (κ1) is 15.0. The Bertz CT molecular complexity index is 1030. The summed E-state index contributed by atoms with van der Waals surface area (Å²) in [5, 5.41) is 2.55. The molecule has 0 spiro atoms. The van der Waals surface area contributed by atoms with Crippen molar-refractivity contribution in [1.82, 2.24) is 0 Å². The number of ether oxygens (including phenoxy) is 1. The maximum atomic E-state index is 11.7. The molecule has 0 radical (unpaired) electrons. The number of carbonyl (C=O) groups excluding carboxylic acids is 1. The molecule has 0 fully saturated rings. The molecule has 3 nitrogen and oxygen atoms in total. The van der Waals surface area contributed by atoms with Gasteiger partial charge in [-0.1, -0.05) is 36.4 Å². The second-order valence-corrected chi connectivity index (χ2v) is 6.61. The summed E-state index contributed by atoms with van der Waals surface area (Å²) in [5.41, 5.74) is 1.21. The first-order valence-corrected chi connectivity index (χ1v) is 8.73. The molecule has 0 aliphatic carbocycles. The average Bonchev–Trinajstić information content (AvgIpc) is 3.20. The Morgan fingerprint density at radius 3 is 2.75 bits per heavy atom. The Labute approximate surface area is 143 Å². The van der Waals surface area contributed by atoms with Gasteiger partial charge in [-0.3, -0.25) is 0 Å². The van der Waals surface area contributed by atoms with E-state index in [2.05, 4.69) is 42.5 Å². The predicted molar refractivity (Wildman–Crippen MR) is 96.8 cm³/mol. The van der Waals surface area contributed by atoms with E-state index in [4.69, 9.17) is 9.15 Å². The number of thiophene rings is 1. The highest BCUT2D eigenvalue weighted by molar-refractivity contribution is 7.26. The molecule has 4 heteroatoms. The third-order valence-electron chi connectivity index (χ3n) is 3.99. The fourth-order valence-corrected chi connectivity index (χ4v) is 4.13.